The summed E-state index contributed by atoms with van der Waals surface area (Å²) in [5.74, 6) is 1.00. The van der Waals surface area contributed by atoms with E-state index in [0.717, 1.165) is 12.4 Å². The molecule has 30 heavy (non-hydrogen) atoms. The first-order chi connectivity index (χ1) is 14.7. The minimum Gasteiger partial charge on any atom is -0.494 e. The molecule has 0 heterocycles. The van der Waals surface area contributed by atoms with Crippen molar-refractivity contribution in [3.05, 3.63) is 42.5 Å². The molecule has 2 nitrogen and oxygen atoms in total. The number of nitrogens with zero attached hydrogens (tertiary/aromatic N) is 1. The second-order valence-electron chi connectivity index (χ2n) is 8.91. The number of ether oxygens (including phenoxy) is 1. The van der Waals surface area contributed by atoms with Crippen molar-refractivity contribution in [1.82, 2.24) is 0 Å². The molecule has 0 atom stereocenters. The average Bonchev–Trinajstić information content (AvgIpc) is 2.80. The molecule has 0 unspecified atom stereocenters. The highest BCUT2D eigenvalue weighted by Crippen LogP contribution is 2.21. The molecule has 0 aromatic heterocycles. The molecule has 2 rings (SSSR count). The molecule has 0 saturated heterocycles. The van der Waals surface area contributed by atoms with Gasteiger partial charge in [0.25, 0.3) is 0 Å². The van der Waals surface area contributed by atoms with Crippen LogP contribution in [0.15, 0.2) is 42.5 Å². The lowest BCUT2D eigenvalue weighted by atomic mass is 10.1. The summed E-state index contributed by atoms with van der Waals surface area (Å²) in [7, 11) is 0. The van der Waals surface area contributed by atoms with Gasteiger partial charge >= 0.3 is 0 Å². The van der Waals surface area contributed by atoms with Gasteiger partial charge in [0.1, 0.15) is 5.75 Å². The lowest BCUT2D eigenvalue weighted by Crippen LogP contribution is -2.48. The Morgan fingerprint density at radius 1 is 0.600 bits per heavy atom. The van der Waals surface area contributed by atoms with E-state index in [0.29, 0.717) is 0 Å². The SMILES string of the molecule is CC[N+](CC)(CC)CCCCCCCCCCCCOc1ccc2ccccc2c1. The molecule has 2 aromatic carbocycles. The molecule has 0 bridgehead atoms. The predicted octanol–water partition coefficient (Wildman–Crippen LogP) is 8.00. The number of quaternary nitrogens is 1. The van der Waals surface area contributed by atoms with Crippen LogP contribution in [0.5, 0.6) is 5.75 Å². The van der Waals surface area contributed by atoms with Gasteiger partial charge in [-0.1, -0.05) is 75.3 Å². The van der Waals surface area contributed by atoms with E-state index >= 15 is 0 Å². The van der Waals surface area contributed by atoms with Crippen LogP contribution in [0.25, 0.3) is 10.8 Å². The Bertz CT molecular complexity index is 684. The number of hydrogen-bond donors (Lipinski definition) is 0. The van der Waals surface area contributed by atoms with Gasteiger partial charge in [0.2, 0.25) is 0 Å². The Balaban J connectivity index is 1.40. The van der Waals surface area contributed by atoms with Gasteiger partial charge in [-0.15, -0.1) is 0 Å². The zero-order valence-electron chi connectivity index (χ0n) is 20.0. The summed E-state index contributed by atoms with van der Waals surface area (Å²) in [5.41, 5.74) is 0. The first kappa shape index (κ1) is 24.7. The first-order valence-electron chi connectivity index (χ1n) is 12.7. The van der Waals surface area contributed by atoms with Crippen molar-refractivity contribution in [3.63, 3.8) is 0 Å². The highest BCUT2D eigenvalue weighted by molar-refractivity contribution is 5.83. The van der Waals surface area contributed by atoms with Crippen LogP contribution in [0, 0.1) is 0 Å². The Morgan fingerprint density at radius 3 is 1.73 bits per heavy atom. The van der Waals surface area contributed by atoms with Crippen LogP contribution < -0.4 is 4.74 Å². The largest absolute Gasteiger partial charge is 0.494 e. The van der Waals surface area contributed by atoms with Crippen molar-refractivity contribution in [2.75, 3.05) is 32.8 Å². The van der Waals surface area contributed by atoms with Crippen LogP contribution in [0.3, 0.4) is 0 Å². The molecule has 0 radical (unpaired) electrons. The smallest absolute Gasteiger partial charge is 0.119 e. The van der Waals surface area contributed by atoms with Crippen molar-refractivity contribution in [3.8, 4) is 5.75 Å². The fourth-order valence-corrected chi connectivity index (χ4v) is 4.56. The topological polar surface area (TPSA) is 9.23 Å². The van der Waals surface area contributed by atoms with Gasteiger partial charge in [0.15, 0.2) is 0 Å². The zero-order chi connectivity index (χ0) is 21.5. The third-order valence-electron chi connectivity index (χ3n) is 7.03. The summed E-state index contributed by atoms with van der Waals surface area (Å²) >= 11 is 0. The molecular formula is C28H46NO+. The molecule has 2 heteroatoms. The molecule has 168 valence electrons. The van der Waals surface area contributed by atoms with Gasteiger partial charge in [-0.05, 0) is 62.9 Å². The van der Waals surface area contributed by atoms with Crippen LogP contribution in [-0.4, -0.2) is 37.3 Å². The summed E-state index contributed by atoms with van der Waals surface area (Å²) in [4.78, 5) is 0. The Kier molecular flexibility index (Phi) is 11.9. The predicted molar refractivity (Wildman–Crippen MR) is 132 cm³/mol. The maximum absolute atomic E-state index is 5.94. The summed E-state index contributed by atoms with van der Waals surface area (Å²) in [5, 5.41) is 2.54. The number of hydrogen-bond acceptors (Lipinski definition) is 1. The van der Waals surface area contributed by atoms with Gasteiger partial charge in [-0.3, -0.25) is 0 Å². The lowest BCUT2D eigenvalue weighted by molar-refractivity contribution is -0.923. The summed E-state index contributed by atoms with van der Waals surface area (Å²) in [6.45, 7) is 13.1. The molecule has 0 aliphatic heterocycles. The van der Waals surface area contributed by atoms with Crippen molar-refractivity contribution in [1.29, 1.82) is 0 Å². The minimum atomic E-state index is 0.839. The Hall–Kier alpha value is -1.54. The molecule has 0 amide bonds. The molecule has 0 spiro atoms. The fraction of sp³-hybridized carbons (Fsp3) is 0.643. The number of fused-ring (bicyclic) bond motifs is 1. The van der Waals surface area contributed by atoms with Crippen molar-refractivity contribution in [2.45, 2.75) is 85.0 Å². The molecule has 0 fully saturated rings. The van der Waals surface area contributed by atoms with Crippen molar-refractivity contribution >= 4 is 10.8 Å². The number of rotatable bonds is 17. The lowest BCUT2D eigenvalue weighted by Gasteiger charge is -2.35. The van der Waals surface area contributed by atoms with Crippen molar-refractivity contribution in [2.24, 2.45) is 0 Å². The van der Waals surface area contributed by atoms with Gasteiger partial charge in [-0.2, -0.15) is 0 Å². The maximum Gasteiger partial charge on any atom is 0.119 e. The summed E-state index contributed by atoms with van der Waals surface area (Å²) in [6.07, 6.45) is 13.7. The van der Waals surface area contributed by atoms with E-state index in [2.05, 4.69) is 63.2 Å². The Morgan fingerprint density at radius 2 is 1.13 bits per heavy atom. The van der Waals surface area contributed by atoms with Crippen LogP contribution in [0.1, 0.15) is 85.0 Å². The minimum absolute atomic E-state index is 0.839. The van der Waals surface area contributed by atoms with E-state index in [1.807, 2.05) is 0 Å². The Labute approximate surface area is 186 Å². The van der Waals surface area contributed by atoms with Crippen LogP contribution in [0.2, 0.25) is 0 Å². The van der Waals surface area contributed by atoms with E-state index < -0.39 is 0 Å². The molecule has 0 N–H and O–H groups in total. The highest BCUT2D eigenvalue weighted by Gasteiger charge is 2.19. The van der Waals surface area contributed by atoms with Gasteiger partial charge in [0.05, 0.1) is 32.8 Å². The zero-order valence-corrected chi connectivity index (χ0v) is 20.0. The second kappa shape index (κ2) is 14.5. The van der Waals surface area contributed by atoms with Crippen LogP contribution >= 0.6 is 0 Å². The summed E-state index contributed by atoms with van der Waals surface area (Å²) in [6, 6.07) is 14.9. The molecule has 0 aliphatic rings. The number of unbranched alkanes of at least 4 members (excludes halogenated alkanes) is 9. The quantitative estimate of drug-likeness (QED) is 0.189. The van der Waals surface area contributed by atoms with Crippen LogP contribution in [-0.2, 0) is 0 Å². The van der Waals surface area contributed by atoms with Crippen molar-refractivity contribution < 1.29 is 9.22 Å². The third kappa shape index (κ3) is 8.68. The molecule has 0 saturated carbocycles. The average molecular weight is 413 g/mol. The number of benzene rings is 2. The normalized spacial score (nSPS) is 11.8. The summed E-state index contributed by atoms with van der Waals surface area (Å²) < 4.78 is 7.25. The van der Waals surface area contributed by atoms with Gasteiger partial charge in [-0.25, -0.2) is 0 Å². The van der Waals surface area contributed by atoms with E-state index in [4.69, 9.17) is 4.74 Å². The van der Waals surface area contributed by atoms with E-state index in [1.165, 1.54) is 106 Å². The van der Waals surface area contributed by atoms with Gasteiger partial charge < -0.3 is 9.22 Å². The highest BCUT2D eigenvalue weighted by atomic mass is 16.5. The standard InChI is InChI=1S/C28H46NO/c1-4-29(5-2,6-3)23-17-13-11-9-7-8-10-12-14-18-24-30-28-22-21-26-19-15-16-20-27(26)25-28/h15-16,19-22,25H,4-14,17-18,23-24H2,1-3H3/q+1. The second-order valence-corrected chi connectivity index (χ2v) is 8.91. The van der Waals surface area contributed by atoms with Gasteiger partial charge in [0, 0.05) is 0 Å². The van der Waals surface area contributed by atoms with E-state index in [1.54, 1.807) is 0 Å². The van der Waals surface area contributed by atoms with E-state index in [9.17, 15) is 0 Å². The molecule has 2 aromatic rings. The van der Waals surface area contributed by atoms with Crippen LogP contribution in [0.4, 0.5) is 0 Å². The molecule has 0 aliphatic carbocycles. The third-order valence-corrected chi connectivity index (χ3v) is 7.03. The first-order valence-corrected chi connectivity index (χ1v) is 12.7. The maximum atomic E-state index is 5.94. The molecular weight excluding hydrogens is 366 g/mol. The van der Waals surface area contributed by atoms with E-state index in [-0.39, 0.29) is 0 Å². The fourth-order valence-electron chi connectivity index (χ4n) is 4.56. The monoisotopic (exact) mass is 412 g/mol.